The van der Waals surface area contributed by atoms with Gasteiger partial charge >= 0.3 is 0 Å². The summed E-state index contributed by atoms with van der Waals surface area (Å²) in [6, 6.07) is 8.45. The molecular formula is C15H24N2O. The molecule has 0 aromatic heterocycles. The highest BCUT2D eigenvalue weighted by atomic mass is 16.2. The summed E-state index contributed by atoms with van der Waals surface area (Å²) < 4.78 is 0. The van der Waals surface area contributed by atoms with Crippen molar-refractivity contribution in [1.82, 2.24) is 10.6 Å². The first kappa shape index (κ1) is 14.7. The smallest absolute Gasteiger partial charge is 0.234 e. The molecule has 0 fully saturated rings. The minimum absolute atomic E-state index is 0.0479. The number of nitrogens with one attached hydrogen (secondary N) is 2. The Morgan fingerprint density at radius 3 is 2.61 bits per heavy atom. The third kappa shape index (κ3) is 6.40. The molecule has 0 heterocycles. The summed E-state index contributed by atoms with van der Waals surface area (Å²) in [6.07, 6.45) is 0.949. The van der Waals surface area contributed by atoms with Crippen molar-refractivity contribution in [3.8, 4) is 0 Å². The minimum Gasteiger partial charge on any atom is -0.350 e. The van der Waals surface area contributed by atoms with E-state index in [1.807, 2.05) is 20.8 Å². The number of carbonyl (C=O) groups excluding carboxylic acids is 1. The van der Waals surface area contributed by atoms with Crippen molar-refractivity contribution in [2.24, 2.45) is 0 Å². The van der Waals surface area contributed by atoms with Crippen LogP contribution in [0.2, 0.25) is 0 Å². The van der Waals surface area contributed by atoms with Crippen LogP contribution in [-0.4, -0.2) is 24.5 Å². The van der Waals surface area contributed by atoms with Gasteiger partial charge in [-0.3, -0.25) is 4.79 Å². The Morgan fingerprint density at radius 1 is 1.28 bits per heavy atom. The van der Waals surface area contributed by atoms with Gasteiger partial charge in [-0.1, -0.05) is 29.8 Å². The first-order valence-electron chi connectivity index (χ1n) is 6.44. The molecule has 3 nitrogen and oxygen atoms in total. The topological polar surface area (TPSA) is 41.1 Å². The third-order valence-corrected chi connectivity index (χ3v) is 2.47. The van der Waals surface area contributed by atoms with E-state index in [0.717, 1.165) is 13.0 Å². The normalized spacial score (nSPS) is 11.3. The number of benzene rings is 1. The van der Waals surface area contributed by atoms with Crippen molar-refractivity contribution in [2.75, 3.05) is 13.1 Å². The average molecular weight is 248 g/mol. The van der Waals surface area contributed by atoms with Gasteiger partial charge in [0.05, 0.1) is 6.54 Å². The van der Waals surface area contributed by atoms with Crippen LogP contribution in [-0.2, 0) is 11.2 Å². The quantitative estimate of drug-likeness (QED) is 0.783. The lowest BCUT2D eigenvalue weighted by Gasteiger charge is -2.20. The summed E-state index contributed by atoms with van der Waals surface area (Å²) in [5.74, 6) is 0.0479. The molecule has 0 saturated heterocycles. The van der Waals surface area contributed by atoms with Gasteiger partial charge in [0.1, 0.15) is 0 Å². The second kappa shape index (κ2) is 6.55. The van der Waals surface area contributed by atoms with Crippen LogP contribution in [0.15, 0.2) is 24.3 Å². The van der Waals surface area contributed by atoms with Gasteiger partial charge in [0.25, 0.3) is 0 Å². The molecule has 0 spiro atoms. The fourth-order valence-electron chi connectivity index (χ4n) is 1.76. The standard InChI is InChI=1S/C15H24N2O/c1-12-6-5-7-13(10-12)8-9-16-11-14(18)17-15(2,3)4/h5-7,10,16H,8-9,11H2,1-4H3,(H,17,18). The molecule has 100 valence electrons. The van der Waals surface area contributed by atoms with Crippen molar-refractivity contribution in [3.05, 3.63) is 35.4 Å². The predicted molar refractivity (Wildman–Crippen MR) is 75.6 cm³/mol. The molecule has 1 aromatic rings. The minimum atomic E-state index is -0.157. The van der Waals surface area contributed by atoms with E-state index in [1.54, 1.807) is 0 Å². The van der Waals surface area contributed by atoms with E-state index in [2.05, 4.69) is 41.8 Å². The van der Waals surface area contributed by atoms with Gasteiger partial charge in [-0.15, -0.1) is 0 Å². The molecule has 1 rings (SSSR count). The first-order chi connectivity index (χ1) is 8.37. The van der Waals surface area contributed by atoms with Crippen LogP contribution >= 0.6 is 0 Å². The molecule has 0 bridgehead atoms. The summed E-state index contributed by atoms with van der Waals surface area (Å²) >= 11 is 0. The molecule has 0 unspecified atom stereocenters. The van der Waals surface area contributed by atoms with E-state index >= 15 is 0 Å². The molecule has 3 heteroatoms. The van der Waals surface area contributed by atoms with Crippen molar-refractivity contribution >= 4 is 5.91 Å². The lowest BCUT2D eigenvalue weighted by atomic mass is 10.1. The summed E-state index contributed by atoms with van der Waals surface area (Å²) in [5.41, 5.74) is 2.42. The second-order valence-electron chi connectivity index (χ2n) is 5.71. The highest BCUT2D eigenvalue weighted by Gasteiger charge is 2.12. The number of rotatable bonds is 5. The zero-order chi connectivity index (χ0) is 13.6. The van der Waals surface area contributed by atoms with Crippen LogP contribution in [0, 0.1) is 6.92 Å². The maximum atomic E-state index is 11.6. The molecule has 2 N–H and O–H groups in total. The Morgan fingerprint density at radius 2 is 2.00 bits per heavy atom. The fraction of sp³-hybridized carbons (Fsp3) is 0.533. The molecule has 1 aromatic carbocycles. The van der Waals surface area contributed by atoms with Gasteiger partial charge in [0.15, 0.2) is 0 Å². The number of hydrogen-bond donors (Lipinski definition) is 2. The number of aryl methyl sites for hydroxylation is 1. The van der Waals surface area contributed by atoms with Crippen molar-refractivity contribution in [2.45, 2.75) is 39.7 Å². The second-order valence-corrected chi connectivity index (χ2v) is 5.71. The van der Waals surface area contributed by atoms with E-state index in [9.17, 15) is 4.79 Å². The monoisotopic (exact) mass is 248 g/mol. The summed E-state index contributed by atoms with van der Waals surface area (Å²) in [7, 11) is 0. The van der Waals surface area contributed by atoms with Crippen molar-refractivity contribution < 1.29 is 4.79 Å². The molecule has 0 aliphatic carbocycles. The van der Waals surface area contributed by atoms with Crippen LogP contribution in [0.25, 0.3) is 0 Å². The van der Waals surface area contributed by atoms with E-state index in [1.165, 1.54) is 11.1 Å². The molecule has 0 radical (unpaired) electrons. The fourth-order valence-corrected chi connectivity index (χ4v) is 1.76. The van der Waals surface area contributed by atoms with Gasteiger partial charge in [0.2, 0.25) is 5.91 Å². The molecule has 0 aliphatic heterocycles. The largest absolute Gasteiger partial charge is 0.350 e. The van der Waals surface area contributed by atoms with Crippen molar-refractivity contribution in [3.63, 3.8) is 0 Å². The Balaban J connectivity index is 2.21. The van der Waals surface area contributed by atoms with E-state index in [0.29, 0.717) is 6.54 Å². The SMILES string of the molecule is Cc1cccc(CCNCC(=O)NC(C)(C)C)c1. The van der Waals surface area contributed by atoms with E-state index in [4.69, 9.17) is 0 Å². The first-order valence-corrected chi connectivity index (χ1v) is 6.44. The maximum Gasteiger partial charge on any atom is 0.234 e. The van der Waals surface area contributed by atoms with Gasteiger partial charge < -0.3 is 10.6 Å². The Labute approximate surface area is 110 Å². The number of hydrogen-bond acceptors (Lipinski definition) is 2. The van der Waals surface area contributed by atoms with Gasteiger partial charge in [-0.25, -0.2) is 0 Å². The van der Waals surface area contributed by atoms with E-state index in [-0.39, 0.29) is 11.4 Å². The van der Waals surface area contributed by atoms with Crippen LogP contribution < -0.4 is 10.6 Å². The average Bonchev–Trinajstić information content (AvgIpc) is 2.22. The Kier molecular flexibility index (Phi) is 5.35. The molecule has 0 aliphatic rings. The maximum absolute atomic E-state index is 11.6. The summed E-state index contributed by atoms with van der Waals surface area (Å²) in [4.78, 5) is 11.6. The van der Waals surface area contributed by atoms with Gasteiger partial charge in [-0.2, -0.15) is 0 Å². The zero-order valence-corrected chi connectivity index (χ0v) is 11.8. The molecule has 18 heavy (non-hydrogen) atoms. The molecule has 1 amide bonds. The molecular weight excluding hydrogens is 224 g/mol. The summed E-state index contributed by atoms with van der Waals surface area (Å²) in [5, 5.41) is 6.09. The highest BCUT2D eigenvalue weighted by molar-refractivity contribution is 5.78. The Hall–Kier alpha value is -1.35. The van der Waals surface area contributed by atoms with Gasteiger partial charge in [-0.05, 0) is 46.2 Å². The van der Waals surface area contributed by atoms with Crippen LogP contribution in [0.1, 0.15) is 31.9 Å². The molecule has 0 saturated carbocycles. The number of carbonyl (C=O) groups is 1. The molecule has 0 atom stereocenters. The predicted octanol–water partition coefficient (Wildman–Crippen LogP) is 2.04. The summed E-state index contributed by atoms with van der Waals surface area (Å²) in [6.45, 7) is 9.24. The van der Waals surface area contributed by atoms with Crippen LogP contribution in [0.3, 0.4) is 0 Å². The van der Waals surface area contributed by atoms with Gasteiger partial charge in [0, 0.05) is 5.54 Å². The highest BCUT2D eigenvalue weighted by Crippen LogP contribution is 2.03. The Bertz CT molecular complexity index is 394. The lowest BCUT2D eigenvalue weighted by Crippen LogP contribution is -2.45. The van der Waals surface area contributed by atoms with Crippen LogP contribution in [0.4, 0.5) is 0 Å². The third-order valence-electron chi connectivity index (χ3n) is 2.47. The van der Waals surface area contributed by atoms with Crippen LogP contribution in [0.5, 0.6) is 0 Å². The van der Waals surface area contributed by atoms with E-state index < -0.39 is 0 Å². The number of amides is 1. The van der Waals surface area contributed by atoms with Crippen molar-refractivity contribution in [1.29, 1.82) is 0 Å². The zero-order valence-electron chi connectivity index (χ0n) is 11.8. The lowest BCUT2D eigenvalue weighted by molar-refractivity contribution is -0.121.